The quantitative estimate of drug-likeness (QED) is 0.199. The van der Waals surface area contributed by atoms with E-state index in [4.69, 9.17) is 19.7 Å². The Bertz CT molecular complexity index is 424. The van der Waals surface area contributed by atoms with Crippen LogP contribution in [0.2, 0.25) is 0 Å². The van der Waals surface area contributed by atoms with Gasteiger partial charge in [0.05, 0.1) is 25.7 Å². The summed E-state index contributed by atoms with van der Waals surface area (Å²) in [5.74, 6) is -1.16. The summed E-state index contributed by atoms with van der Waals surface area (Å²) in [7, 11) is 0. The Balaban J connectivity index is 3.95. The van der Waals surface area contributed by atoms with E-state index in [0.717, 1.165) is 12.8 Å². The van der Waals surface area contributed by atoms with Crippen LogP contribution in [0, 0.1) is 0 Å². The lowest BCUT2D eigenvalue weighted by Gasteiger charge is -2.20. The van der Waals surface area contributed by atoms with Gasteiger partial charge in [0.25, 0.3) is 0 Å². The maximum absolute atomic E-state index is 11.9. The lowest BCUT2D eigenvalue weighted by Crippen LogP contribution is -2.29. The van der Waals surface area contributed by atoms with Crippen LogP contribution >= 0.6 is 0 Å². The number of aliphatic hydroxyl groups is 3. The van der Waals surface area contributed by atoms with Gasteiger partial charge in [-0.2, -0.15) is 0 Å². The van der Waals surface area contributed by atoms with E-state index < -0.39 is 43.5 Å². The molecule has 0 amide bonds. The molecule has 3 N–H and O–H groups in total. The van der Waals surface area contributed by atoms with Crippen molar-refractivity contribution in [1.29, 1.82) is 0 Å². The smallest absolute Gasteiger partial charge is 0.309 e. The summed E-state index contributed by atoms with van der Waals surface area (Å²) in [4.78, 5) is 23.1. The molecule has 0 bridgehead atoms. The lowest BCUT2D eigenvalue weighted by atomic mass is 10.0. The van der Waals surface area contributed by atoms with E-state index in [2.05, 4.69) is 6.92 Å². The summed E-state index contributed by atoms with van der Waals surface area (Å²) in [5, 5.41) is 28.1. The molecule has 0 saturated heterocycles. The summed E-state index contributed by atoms with van der Waals surface area (Å²) >= 11 is 0. The van der Waals surface area contributed by atoms with E-state index in [1.165, 1.54) is 58.3 Å². The lowest BCUT2D eigenvalue weighted by molar-refractivity contribution is -0.160. The number of esters is 2. The van der Waals surface area contributed by atoms with Gasteiger partial charge in [-0.25, -0.2) is 0 Å². The number of hydrogen-bond donors (Lipinski definition) is 3. The molecule has 0 aliphatic rings. The van der Waals surface area contributed by atoms with Crippen LogP contribution in [0.4, 0.5) is 0 Å². The standard InChI is InChI=1S/C23H44O7/c1-3-4-5-6-7-8-9-10-11-12-13-20(27)14-15-21(29-19(2)26)16-23(28)30-22(17-24)18-25/h20-22,24-25,27H,3-18H2,1-2H3. The second-order valence-electron chi connectivity index (χ2n) is 8.11. The van der Waals surface area contributed by atoms with Crippen molar-refractivity contribution in [2.45, 2.75) is 122 Å². The van der Waals surface area contributed by atoms with Crippen molar-refractivity contribution in [1.82, 2.24) is 0 Å². The molecule has 30 heavy (non-hydrogen) atoms. The van der Waals surface area contributed by atoms with Crippen molar-refractivity contribution in [3.05, 3.63) is 0 Å². The predicted octanol–water partition coefficient (Wildman–Crippen LogP) is 3.66. The number of aliphatic hydroxyl groups excluding tert-OH is 3. The van der Waals surface area contributed by atoms with Gasteiger partial charge in [0.1, 0.15) is 12.2 Å². The van der Waals surface area contributed by atoms with Gasteiger partial charge < -0.3 is 24.8 Å². The van der Waals surface area contributed by atoms with Crippen molar-refractivity contribution >= 4 is 11.9 Å². The Hall–Kier alpha value is -1.18. The van der Waals surface area contributed by atoms with Gasteiger partial charge in [0.2, 0.25) is 0 Å². The van der Waals surface area contributed by atoms with Crippen LogP contribution < -0.4 is 0 Å². The Morgan fingerprint density at radius 2 is 1.27 bits per heavy atom. The largest absolute Gasteiger partial charge is 0.462 e. The van der Waals surface area contributed by atoms with Crippen LogP contribution in [0.1, 0.15) is 104 Å². The molecule has 7 nitrogen and oxygen atoms in total. The van der Waals surface area contributed by atoms with Crippen molar-refractivity contribution in [2.24, 2.45) is 0 Å². The second-order valence-corrected chi connectivity index (χ2v) is 8.11. The van der Waals surface area contributed by atoms with E-state index in [-0.39, 0.29) is 6.42 Å². The maximum Gasteiger partial charge on any atom is 0.309 e. The predicted molar refractivity (Wildman–Crippen MR) is 116 cm³/mol. The van der Waals surface area contributed by atoms with Crippen LogP contribution in [-0.2, 0) is 19.1 Å². The molecule has 0 spiro atoms. The van der Waals surface area contributed by atoms with Crippen LogP contribution in [-0.4, -0.2) is 58.8 Å². The molecule has 2 unspecified atom stereocenters. The molecule has 2 atom stereocenters. The molecular formula is C23H44O7. The SMILES string of the molecule is CCCCCCCCCCCCC(O)CCC(CC(=O)OC(CO)CO)OC(C)=O. The highest BCUT2D eigenvalue weighted by Crippen LogP contribution is 2.16. The molecule has 0 heterocycles. The van der Waals surface area contributed by atoms with E-state index in [0.29, 0.717) is 19.3 Å². The van der Waals surface area contributed by atoms with Crippen molar-refractivity contribution in [3.63, 3.8) is 0 Å². The zero-order valence-corrected chi connectivity index (χ0v) is 19.0. The molecule has 178 valence electrons. The topological polar surface area (TPSA) is 113 Å². The van der Waals surface area contributed by atoms with Crippen LogP contribution in [0.5, 0.6) is 0 Å². The van der Waals surface area contributed by atoms with Crippen molar-refractivity contribution in [2.75, 3.05) is 13.2 Å². The molecule has 0 aromatic rings. The third-order valence-corrected chi connectivity index (χ3v) is 5.15. The zero-order chi connectivity index (χ0) is 22.6. The number of carbonyl (C=O) groups excluding carboxylic acids is 2. The Labute approximate surface area is 182 Å². The van der Waals surface area contributed by atoms with E-state index >= 15 is 0 Å². The highest BCUT2D eigenvalue weighted by atomic mass is 16.6. The molecule has 7 heteroatoms. The molecule has 0 aliphatic carbocycles. The third kappa shape index (κ3) is 17.7. The monoisotopic (exact) mass is 432 g/mol. The average Bonchev–Trinajstić information content (AvgIpc) is 2.71. The first-order valence-corrected chi connectivity index (χ1v) is 11.7. The van der Waals surface area contributed by atoms with Crippen molar-refractivity contribution < 1.29 is 34.4 Å². The van der Waals surface area contributed by atoms with Crippen LogP contribution in [0.25, 0.3) is 0 Å². The number of rotatable bonds is 20. The summed E-state index contributed by atoms with van der Waals surface area (Å²) in [5.41, 5.74) is 0. The minimum absolute atomic E-state index is 0.166. The van der Waals surface area contributed by atoms with Gasteiger partial charge in [-0.15, -0.1) is 0 Å². The minimum Gasteiger partial charge on any atom is -0.462 e. The molecule has 0 aliphatic heterocycles. The minimum atomic E-state index is -0.975. The molecule has 0 rings (SSSR count). The summed E-state index contributed by atoms with van der Waals surface area (Å²) < 4.78 is 10.1. The number of carbonyl (C=O) groups is 2. The zero-order valence-electron chi connectivity index (χ0n) is 19.0. The molecule has 0 aromatic heterocycles. The van der Waals surface area contributed by atoms with E-state index in [9.17, 15) is 14.7 Å². The Morgan fingerprint density at radius 3 is 1.77 bits per heavy atom. The highest BCUT2D eigenvalue weighted by molar-refractivity contribution is 5.71. The van der Waals surface area contributed by atoms with E-state index in [1.54, 1.807) is 0 Å². The maximum atomic E-state index is 11.9. The first-order valence-electron chi connectivity index (χ1n) is 11.7. The third-order valence-electron chi connectivity index (χ3n) is 5.15. The first kappa shape index (κ1) is 28.8. The molecule has 0 aromatic carbocycles. The van der Waals surface area contributed by atoms with Gasteiger partial charge in [-0.1, -0.05) is 71.1 Å². The van der Waals surface area contributed by atoms with Gasteiger partial charge in [-0.3, -0.25) is 9.59 Å². The van der Waals surface area contributed by atoms with Gasteiger partial charge >= 0.3 is 11.9 Å². The molecular weight excluding hydrogens is 388 g/mol. The fourth-order valence-electron chi connectivity index (χ4n) is 3.38. The van der Waals surface area contributed by atoms with Crippen LogP contribution in [0.3, 0.4) is 0 Å². The second kappa shape index (κ2) is 19.8. The molecule has 0 radical (unpaired) electrons. The fourth-order valence-corrected chi connectivity index (χ4v) is 3.38. The summed E-state index contributed by atoms with van der Waals surface area (Å²) in [6, 6.07) is 0. The summed E-state index contributed by atoms with van der Waals surface area (Å²) in [6.07, 6.45) is 11.6. The number of hydrogen-bond acceptors (Lipinski definition) is 7. The number of ether oxygens (including phenoxy) is 2. The normalized spacial score (nSPS) is 13.3. The Kier molecular flexibility index (Phi) is 19.0. The first-order chi connectivity index (χ1) is 14.4. The molecule has 0 fully saturated rings. The number of unbranched alkanes of at least 4 members (excludes halogenated alkanes) is 9. The highest BCUT2D eigenvalue weighted by Gasteiger charge is 2.21. The van der Waals surface area contributed by atoms with Gasteiger partial charge in [0.15, 0.2) is 0 Å². The van der Waals surface area contributed by atoms with Gasteiger partial charge in [0, 0.05) is 6.92 Å². The molecule has 0 saturated carbocycles. The van der Waals surface area contributed by atoms with Gasteiger partial charge in [-0.05, 0) is 19.3 Å². The average molecular weight is 433 g/mol. The van der Waals surface area contributed by atoms with Crippen LogP contribution in [0.15, 0.2) is 0 Å². The fraction of sp³-hybridized carbons (Fsp3) is 0.913. The Morgan fingerprint density at radius 1 is 0.733 bits per heavy atom. The summed E-state index contributed by atoms with van der Waals surface area (Å²) in [6.45, 7) is 2.55. The van der Waals surface area contributed by atoms with E-state index in [1.807, 2.05) is 0 Å². The van der Waals surface area contributed by atoms with Crippen molar-refractivity contribution in [3.8, 4) is 0 Å².